The summed E-state index contributed by atoms with van der Waals surface area (Å²) >= 11 is 3.42. The van der Waals surface area contributed by atoms with E-state index in [1.165, 1.54) is 0 Å². The van der Waals surface area contributed by atoms with Crippen LogP contribution in [0.5, 0.6) is 0 Å². The quantitative estimate of drug-likeness (QED) is 0.778. The van der Waals surface area contributed by atoms with Gasteiger partial charge < -0.3 is 4.74 Å². The lowest BCUT2D eigenvalue weighted by Gasteiger charge is -2.07. The fourth-order valence-corrected chi connectivity index (χ4v) is 2.57. The third kappa shape index (κ3) is 3.15. The molecule has 21 heavy (non-hydrogen) atoms. The third-order valence-electron chi connectivity index (χ3n) is 3.45. The molecule has 6 heteroatoms. The van der Waals surface area contributed by atoms with E-state index in [4.69, 9.17) is 4.74 Å². The lowest BCUT2D eigenvalue weighted by atomic mass is 10.2. The molecule has 1 heterocycles. The molecule has 5 nitrogen and oxygen atoms in total. The number of hydrogen-bond donors (Lipinski definition) is 0. The predicted octanol–water partition coefficient (Wildman–Crippen LogP) is 3.14. The highest BCUT2D eigenvalue weighted by Crippen LogP contribution is 2.41. The van der Waals surface area contributed by atoms with E-state index in [0.717, 1.165) is 28.6 Å². The second-order valence-electron chi connectivity index (χ2n) is 5.10. The van der Waals surface area contributed by atoms with Crippen LogP contribution in [0, 0.1) is 0 Å². The number of esters is 1. The van der Waals surface area contributed by atoms with Crippen LogP contribution in [0.4, 0.5) is 0 Å². The van der Waals surface area contributed by atoms with Crippen LogP contribution in [0.2, 0.25) is 0 Å². The number of carbonyl (C=O) groups is 1. The van der Waals surface area contributed by atoms with Crippen molar-refractivity contribution in [1.29, 1.82) is 0 Å². The fourth-order valence-electron chi connectivity index (χ4n) is 2.31. The summed E-state index contributed by atoms with van der Waals surface area (Å²) in [6.07, 6.45) is 2.17. The van der Waals surface area contributed by atoms with Crippen molar-refractivity contribution in [2.24, 2.45) is 0 Å². The van der Waals surface area contributed by atoms with Gasteiger partial charge in [0, 0.05) is 10.4 Å². The third-order valence-corrected chi connectivity index (χ3v) is 3.98. The first-order valence-electron chi connectivity index (χ1n) is 7.04. The molecule has 0 radical (unpaired) electrons. The topological polar surface area (TPSA) is 57.0 Å². The molecule has 0 unspecified atom stereocenters. The van der Waals surface area contributed by atoms with Crippen LogP contribution >= 0.6 is 15.9 Å². The summed E-state index contributed by atoms with van der Waals surface area (Å²) in [5, 5.41) is 8.19. The first-order chi connectivity index (χ1) is 10.2. The molecule has 0 atom stereocenters. The SMILES string of the molecule is CCOC(=O)c1nnn(Cc2ccc(Br)cc2)c1C1CC1. The maximum atomic E-state index is 12.0. The molecule has 0 aliphatic heterocycles. The van der Waals surface area contributed by atoms with Crippen molar-refractivity contribution < 1.29 is 9.53 Å². The molecule has 3 rings (SSSR count). The van der Waals surface area contributed by atoms with E-state index < -0.39 is 0 Å². The van der Waals surface area contributed by atoms with Crippen LogP contribution in [-0.2, 0) is 11.3 Å². The van der Waals surface area contributed by atoms with Gasteiger partial charge in [-0.3, -0.25) is 0 Å². The smallest absolute Gasteiger partial charge is 0.360 e. The van der Waals surface area contributed by atoms with Gasteiger partial charge in [-0.15, -0.1) is 5.10 Å². The Labute approximate surface area is 131 Å². The van der Waals surface area contributed by atoms with Crippen molar-refractivity contribution in [3.8, 4) is 0 Å². The van der Waals surface area contributed by atoms with Gasteiger partial charge in [0.1, 0.15) is 0 Å². The van der Waals surface area contributed by atoms with Crippen molar-refractivity contribution >= 4 is 21.9 Å². The average molecular weight is 350 g/mol. The summed E-state index contributed by atoms with van der Waals surface area (Å²) in [5.41, 5.74) is 2.41. The number of halogens is 1. The molecule has 0 spiro atoms. The summed E-state index contributed by atoms with van der Waals surface area (Å²) in [5.74, 6) is 0.0105. The van der Waals surface area contributed by atoms with Crippen LogP contribution in [0.25, 0.3) is 0 Å². The van der Waals surface area contributed by atoms with Gasteiger partial charge in [-0.25, -0.2) is 9.48 Å². The van der Waals surface area contributed by atoms with E-state index >= 15 is 0 Å². The minimum Gasteiger partial charge on any atom is -0.461 e. The van der Waals surface area contributed by atoms with Crippen molar-refractivity contribution in [3.63, 3.8) is 0 Å². The number of aromatic nitrogens is 3. The Bertz CT molecular complexity index is 647. The molecular formula is C15H16BrN3O2. The number of hydrogen-bond acceptors (Lipinski definition) is 4. The van der Waals surface area contributed by atoms with Gasteiger partial charge >= 0.3 is 5.97 Å². The molecule has 1 aliphatic carbocycles. The largest absolute Gasteiger partial charge is 0.461 e. The normalized spacial score (nSPS) is 14.2. The Hall–Kier alpha value is -1.69. The van der Waals surface area contributed by atoms with Gasteiger partial charge in [-0.05, 0) is 37.5 Å². The van der Waals surface area contributed by atoms with Gasteiger partial charge in [-0.2, -0.15) is 0 Å². The second-order valence-corrected chi connectivity index (χ2v) is 6.02. The highest BCUT2D eigenvalue weighted by molar-refractivity contribution is 9.10. The molecule has 0 amide bonds. The summed E-state index contributed by atoms with van der Waals surface area (Å²) in [6.45, 7) is 2.76. The minimum absolute atomic E-state index is 0.350. The average Bonchev–Trinajstić information content (AvgIpc) is 3.22. The van der Waals surface area contributed by atoms with Crippen molar-refractivity contribution in [2.75, 3.05) is 6.61 Å². The maximum absolute atomic E-state index is 12.0. The standard InChI is InChI=1S/C15H16BrN3O2/c1-2-21-15(20)13-14(11-5-6-11)19(18-17-13)9-10-3-7-12(16)8-4-10/h3-4,7-8,11H,2,5-6,9H2,1H3. The fraction of sp³-hybridized carbons (Fsp3) is 0.400. The summed E-state index contributed by atoms with van der Waals surface area (Å²) in [4.78, 5) is 12.0. The molecule has 2 aromatic rings. The van der Waals surface area contributed by atoms with E-state index in [0.29, 0.717) is 24.8 Å². The highest BCUT2D eigenvalue weighted by Gasteiger charge is 2.34. The Kier molecular flexibility index (Phi) is 4.05. The zero-order valence-corrected chi connectivity index (χ0v) is 13.3. The van der Waals surface area contributed by atoms with Crippen LogP contribution < -0.4 is 0 Å². The first-order valence-corrected chi connectivity index (χ1v) is 7.83. The lowest BCUT2D eigenvalue weighted by molar-refractivity contribution is 0.0518. The zero-order valence-electron chi connectivity index (χ0n) is 11.8. The maximum Gasteiger partial charge on any atom is 0.360 e. The van der Waals surface area contributed by atoms with Crippen molar-refractivity contribution in [1.82, 2.24) is 15.0 Å². The van der Waals surface area contributed by atoms with Gasteiger partial charge in [-0.1, -0.05) is 33.3 Å². The summed E-state index contributed by atoms with van der Waals surface area (Å²) in [6, 6.07) is 8.06. The Balaban J connectivity index is 1.88. The number of rotatable bonds is 5. The predicted molar refractivity (Wildman–Crippen MR) is 81.2 cm³/mol. The van der Waals surface area contributed by atoms with Crippen molar-refractivity contribution in [3.05, 3.63) is 45.7 Å². The molecule has 0 saturated heterocycles. The van der Waals surface area contributed by atoms with Crippen molar-refractivity contribution in [2.45, 2.75) is 32.2 Å². The monoisotopic (exact) mass is 349 g/mol. The minimum atomic E-state index is -0.374. The van der Waals surface area contributed by atoms with Gasteiger partial charge in [0.2, 0.25) is 0 Å². The summed E-state index contributed by atoms with van der Waals surface area (Å²) in [7, 11) is 0. The Morgan fingerprint density at radius 2 is 2.10 bits per heavy atom. The summed E-state index contributed by atoms with van der Waals surface area (Å²) < 4.78 is 7.93. The van der Waals surface area contributed by atoms with E-state index in [1.54, 1.807) is 6.92 Å². The van der Waals surface area contributed by atoms with Crippen LogP contribution in [-0.4, -0.2) is 27.6 Å². The number of carbonyl (C=O) groups excluding carboxylic acids is 1. The molecule has 110 valence electrons. The van der Waals surface area contributed by atoms with Gasteiger partial charge in [0.05, 0.1) is 18.8 Å². The molecular weight excluding hydrogens is 334 g/mol. The lowest BCUT2D eigenvalue weighted by Crippen LogP contribution is -2.11. The zero-order chi connectivity index (χ0) is 14.8. The second kappa shape index (κ2) is 5.97. The van der Waals surface area contributed by atoms with Gasteiger partial charge in [0.25, 0.3) is 0 Å². The molecule has 0 bridgehead atoms. The molecule has 1 fully saturated rings. The highest BCUT2D eigenvalue weighted by atomic mass is 79.9. The molecule has 0 N–H and O–H groups in total. The van der Waals surface area contributed by atoms with E-state index in [-0.39, 0.29) is 5.97 Å². The Morgan fingerprint density at radius 3 is 2.71 bits per heavy atom. The van der Waals surface area contributed by atoms with E-state index in [2.05, 4.69) is 26.2 Å². The molecule has 1 aromatic heterocycles. The number of ether oxygens (including phenoxy) is 1. The Morgan fingerprint density at radius 1 is 1.38 bits per heavy atom. The molecule has 1 saturated carbocycles. The molecule has 1 aliphatic rings. The van der Waals surface area contributed by atoms with Crippen LogP contribution in [0.15, 0.2) is 28.7 Å². The number of nitrogens with zero attached hydrogens (tertiary/aromatic N) is 3. The van der Waals surface area contributed by atoms with E-state index in [9.17, 15) is 4.79 Å². The number of benzene rings is 1. The van der Waals surface area contributed by atoms with E-state index in [1.807, 2.05) is 28.9 Å². The van der Waals surface area contributed by atoms with Crippen LogP contribution in [0.1, 0.15) is 47.4 Å². The first kappa shape index (κ1) is 14.3. The van der Waals surface area contributed by atoms with Crippen LogP contribution in [0.3, 0.4) is 0 Å². The van der Waals surface area contributed by atoms with Gasteiger partial charge in [0.15, 0.2) is 5.69 Å². The molecule has 1 aromatic carbocycles.